The van der Waals surface area contributed by atoms with E-state index in [1.807, 2.05) is 59.0 Å². The van der Waals surface area contributed by atoms with Crippen LogP contribution in [0, 0.1) is 29.1 Å². The van der Waals surface area contributed by atoms with Gasteiger partial charge in [-0.25, -0.2) is 19.6 Å². The maximum Gasteiger partial charge on any atom is 0.408 e. The van der Waals surface area contributed by atoms with Crippen molar-refractivity contribution >= 4 is 102 Å². The molecule has 27 nitrogen and oxygen atoms in total. The number of ether oxygens (including phenoxy) is 2. The summed E-state index contributed by atoms with van der Waals surface area (Å²) in [5, 5.41) is 26.8. The van der Waals surface area contributed by atoms with Crippen molar-refractivity contribution in [2.45, 2.75) is 156 Å². The monoisotopic (exact) mass is 1410 g/mol. The minimum Gasteiger partial charge on any atom is -0.476 e. The van der Waals surface area contributed by atoms with Crippen LogP contribution in [-0.2, 0) is 74.5 Å². The molecular formula is C71H84N12O15S2. The van der Waals surface area contributed by atoms with Crippen molar-refractivity contribution in [1.29, 1.82) is 0 Å². The first-order chi connectivity index (χ1) is 47.4. The first-order valence-electron chi connectivity index (χ1n) is 33.5. The Morgan fingerprint density at radius 3 is 2.23 bits per heavy atom. The quantitative estimate of drug-likeness (QED) is 0.0135. The summed E-state index contributed by atoms with van der Waals surface area (Å²) >= 11 is 1.40. The van der Waals surface area contributed by atoms with Crippen LogP contribution in [0.15, 0.2) is 97.2 Å². The van der Waals surface area contributed by atoms with Crippen molar-refractivity contribution < 1.29 is 70.7 Å². The highest BCUT2D eigenvalue weighted by Gasteiger charge is 2.66. The third-order valence-corrected chi connectivity index (χ3v) is 21.5. The predicted molar refractivity (Wildman–Crippen MR) is 371 cm³/mol. The second kappa shape index (κ2) is 29.0. The highest BCUT2D eigenvalue weighted by molar-refractivity contribution is 7.85. The first kappa shape index (κ1) is 71.8. The van der Waals surface area contributed by atoms with Gasteiger partial charge in [0.25, 0.3) is 33.7 Å². The minimum atomic E-state index is -4.83. The number of carboxylic acid groups (broad SMARTS) is 1. The fourth-order valence-corrected chi connectivity index (χ4v) is 17.9. The van der Waals surface area contributed by atoms with Crippen molar-refractivity contribution in [3.05, 3.63) is 131 Å². The SMILES string of the molecule is Cc1c(-c2ccc(N3CCc4cccc(C(=O)Nc5nc6ccccc6s5)c4C3)nc2C(=O)O)cnn1CC12CC3(C)CC(C)(C1)CC(OCCNC(=O)[C@H](CS(=O)(=O)O)NC(=O)OCc1ccc(N(C(=O)[C@@H](NC(=O)CCCCCN4C(=O)C=CC4=O)C(C)C)[C@@H](C)C(N)=O)cc1)(C3)C2. The number of amides is 8. The highest BCUT2D eigenvalue weighted by atomic mass is 32.2. The Morgan fingerprint density at radius 2 is 1.55 bits per heavy atom. The number of alkyl carbamates (subject to hydrolysis) is 1. The largest absolute Gasteiger partial charge is 0.476 e. The topological polar surface area (TPSA) is 374 Å². The standard InChI is InChI=1S/C71H84N12O15S2/c1-42(2)59(78-56(84)17-8-7-11-28-81-57(85)24-25-58(81)86)64(90)83(44(4)61(72)87)47-20-18-45(19-21-47)33-97-67(93)76-53(34-100(94,95)96)63(89)73-27-30-98-71-38-68(5)35-69(6,39-71)37-70(36-68,40-71)41-82-43(3)50(31-74-82)48-22-23-55(77-60(48)65(91)92)80-29-26-46-13-12-14-49(51(46)32-80)62(88)79-66-75-52-15-9-10-16-54(52)99-66/h9-10,12-16,18-25,31,42,44,53,59H,7-8,11,17,26-30,32-41H2,1-6H3,(H2,72,87)(H,73,89)(H,76,93)(H,78,84)(H,91,92)(H,75,79,88)(H,94,95,96)/t44-,53-,59-,68?,69?,70?,71?/m0/s1. The summed E-state index contributed by atoms with van der Waals surface area (Å²) in [7, 11) is -4.83. The van der Waals surface area contributed by atoms with E-state index in [1.54, 1.807) is 32.2 Å². The van der Waals surface area contributed by atoms with E-state index >= 15 is 0 Å². The second-order valence-electron chi connectivity index (χ2n) is 28.5. The van der Waals surface area contributed by atoms with Crippen LogP contribution in [0.2, 0.25) is 0 Å². The van der Waals surface area contributed by atoms with Gasteiger partial charge in [0.2, 0.25) is 17.7 Å². The number of carbonyl (C=O) groups excluding carboxylic acids is 8. The van der Waals surface area contributed by atoms with E-state index in [9.17, 15) is 61.2 Å². The summed E-state index contributed by atoms with van der Waals surface area (Å²) in [4.78, 5) is 131. The molecule has 4 aliphatic carbocycles. The third kappa shape index (κ3) is 16.2. The molecule has 8 amide bonds. The molecule has 3 aromatic heterocycles. The van der Waals surface area contributed by atoms with E-state index in [-0.39, 0.29) is 71.5 Å². The molecule has 5 heterocycles. The number of thiazole rings is 1. The molecule has 0 spiro atoms. The molecule has 100 heavy (non-hydrogen) atoms. The summed E-state index contributed by atoms with van der Waals surface area (Å²) < 4.78 is 49.5. The normalized spacial score (nSPS) is 21.6. The lowest BCUT2D eigenvalue weighted by atomic mass is 9.39. The average Bonchev–Trinajstić information content (AvgIpc) is 0.742. The Labute approximate surface area is 582 Å². The van der Waals surface area contributed by atoms with Gasteiger partial charge in [-0.15, -0.1) is 0 Å². The van der Waals surface area contributed by atoms with E-state index < -0.39 is 87.8 Å². The minimum absolute atomic E-state index is 0.0348. The van der Waals surface area contributed by atoms with Gasteiger partial charge in [-0.3, -0.25) is 57.9 Å². The zero-order valence-corrected chi connectivity index (χ0v) is 58.3. The number of hydrogen-bond donors (Lipinski definition) is 7. The molecule has 0 saturated heterocycles. The van der Waals surface area contributed by atoms with Gasteiger partial charge in [0, 0.05) is 79.4 Å². The molecule has 4 bridgehead atoms. The molecule has 29 heteroatoms. The van der Waals surface area contributed by atoms with Crippen molar-refractivity contribution in [3.8, 4) is 11.1 Å². The van der Waals surface area contributed by atoms with Crippen LogP contribution in [0.3, 0.4) is 0 Å². The van der Waals surface area contributed by atoms with Gasteiger partial charge in [0.15, 0.2) is 10.8 Å². The molecule has 0 radical (unpaired) electrons. The van der Waals surface area contributed by atoms with E-state index in [0.717, 1.165) is 68.9 Å². The fourth-order valence-electron chi connectivity index (χ4n) is 16.4. The highest BCUT2D eigenvalue weighted by Crippen LogP contribution is 2.72. The maximum atomic E-state index is 14.2. The fraction of sp³-hybridized carbons (Fsp3) is 0.465. The summed E-state index contributed by atoms with van der Waals surface area (Å²) in [5.74, 6) is -6.18. The Hall–Kier alpha value is -9.45. The molecular weight excluding hydrogens is 1320 g/mol. The Morgan fingerprint density at radius 1 is 0.830 bits per heavy atom. The molecule has 5 atom stereocenters. The number of rotatable bonds is 29. The van der Waals surface area contributed by atoms with Gasteiger partial charge in [-0.2, -0.15) is 13.5 Å². The van der Waals surface area contributed by atoms with E-state index in [4.69, 9.17) is 25.3 Å². The van der Waals surface area contributed by atoms with Crippen LogP contribution in [-0.4, -0.2) is 152 Å². The number of pyridine rings is 1. The van der Waals surface area contributed by atoms with Crippen molar-refractivity contribution in [2.24, 2.45) is 27.9 Å². The molecule has 2 unspecified atom stereocenters. The van der Waals surface area contributed by atoms with Crippen LogP contribution in [0.4, 0.5) is 21.4 Å². The zero-order valence-electron chi connectivity index (χ0n) is 56.7. The van der Waals surface area contributed by atoms with E-state index in [1.165, 1.54) is 54.7 Å². The van der Waals surface area contributed by atoms with Crippen LogP contribution >= 0.6 is 11.3 Å². The number of aromatic carboxylic acids is 1. The number of unbranched alkanes of at least 4 members (excludes halogenated alkanes) is 2. The van der Waals surface area contributed by atoms with E-state index in [2.05, 4.69) is 40.1 Å². The maximum absolute atomic E-state index is 14.2. The lowest BCUT2D eigenvalue weighted by molar-refractivity contribution is -0.247. The van der Waals surface area contributed by atoms with Gasteiger partial charge in [-0.05, 0) is 153 Å². The Balaban J connectivity index is 0.685. The summed E-state index contributed by atoms with van der Waals surface area (Å²) in [6.45, 7) is 12.6. The van der Waals surface area contributed by atoms with Crippen molar-refractivity contribution in [3.63, 3.8) is 0 Å². The summed E-state index contributed by atoms with van der Waals surface area (Å²) in [5.41, 5.74) is 10.1. The number of primary amides is 1. The van der Waals surface area contributed by atoms with Crippen molar-refractivity contribution in [2.75, 3.05) is 47.1 Å². The number of carbonyl (C=O) groups is 9. The van der Waals surface area contributed by atoms with Gasteiger partial charge < -0.3 is 41.2 Å². The number of nitrogens with two attached hydrogens (primary N) is 1. The Kier molecular flexibility index (Phi) is 20.8. The number of nitrogens with zero attached hydrogens (tertiary/aromatic N) is 7. The number of nitrogens with one attached hydrogen (secondary N) is 4. The molecule has 2 aliphatic heterocycles. The molecule has 530 valence electrons. The number of imide groups is 1. The smallest absolute Gasteiger partial charge is 0.408 e. The van der Waals surface area contributed by atoms with Crippen LogP contribution in [0.5, 0.6) is 0 Å². The Bertz CT molecular complexity index is 4290. The van der Waals surface area contributed by atoms with E-state index in [0.29, 0.717) is 84.9 Å². The number of hydrogen-bond acceptors (Lipinski definition) is 18. The zero-order chi connectivity index (χ0) is 71.6. The average molecular weight is 1410 g/mol. The molecule has 4 saturated carbocycles. The van der Waals surface area contributed by atoms with Gasteiger partial charge in [0.1, 0.15) is 36.3 Å². The van der Waals surface area contributed by atoms with Gasteiger partial charge in [0.05, 0.1) is 28.6 Å². The lowest BCUT2D eigenvalue weighted by Gasteiger charge is -2.69. The molecule has 12 rings (SSSR count). The number of carboxylic acids is 1. The number of aromatic nitrogens is 4. The number of benzene rings is 3. The third-order valence-electron chi connectivity index (χ3n) is 19.8. The summed E-state index contributed by atoms with van der Waals surface area (Å²) in [6, 6.07) is 18.9. The molecule has 6 aromatic rings. The van der Waals surface area contributed by atoms with Gasteiger partial charge in [-0.1, -0.05) is 81.9 Å². The van der Waals surface area contributed by atoms with Crippen LogP contribution in [0.1, 0.15) is 142 Å². The molecule has 3 aromatic carbocycles. The first-order valence-corrected chi connectivity index (χ1v) is 36.0. The van der Waals surface area contributed by atoms with Crippen LogP contribution in [0.25, 0.3) is 21.3 Å². The summed E-state index contributed by atoms with van der Waals surface area (Å²) in [6.07, 6.45) is 10.0. The van der Waals surface area contributed by atoms with Crippen molar-refractivity contribution in [1.82, 2.24) is 40.6 Å². The molecule has 4 fully saturated rings. The molecule has 6 aliphatic rings. The number of anilines is 3. The predicted octanol–water partition coefficient (Wildman–Crippen LogP) is 7.64. The second-order valence-corrected chi connectivity index (χ2v) is 31.0. The lowest BCUT2D eigenvalue weighted by Crippen LogP contribution is -2.64. The van der Waals surface area contributed by atoms with Crippen LogP contribution < -0.4 is 36.8 Å². The van der Waals surface area contributed by atoms with Gasteiger partial charge >= 0.3 is 12.1 Å². The molecule has 8 N–H and O–H groups in total. The number of fused-ring (bicyclic) bond motifs is 2. The number of para-hydroxylation sites is 1.